The van der Waals surface area contributed by atoms with E-state index < -0.39 is 0 Å². The second kappa shape index (κ2) is 5.10. The minimum Gasteiger partial charge on any atom is -0.486 e. The van der Waals surface area contributed by atoms with E-state index in [9.17, 15) is 9.18 Å². The number of Topliss-reactive ketones (excluding diaryl/α,β-unsaturated/α-hetero) is 1. The number of halogens is 2. The number of ether oxygens (including phenoxy) is 1. The summed E-state index contributed by atoms with van der Waals surface area (Å²) in [6.45, 7) is 1.94. The zero-order valence-electron chi connectivity index (χ0n) is 10.5. The van der Waals surface area contributed by atoms with Crippen LogP contribution >= 0.6 is 23.1 Å². The summed E-state index contributed by atoms with van der Waals surface area (Å²) in [6, 6.07) is 2.79. The lowest BCUT2D eigenvalue weighted by molar-refractivity contribution is 0.0986. The molecule has 1 aromatic carbocycles. The number of carbonyl (C=O) groups excluding carboxylic acids is 1. The van der Waals surface area contributed by atoms with E-state index in [2.05, 4.69) is 9.59 Å². The van der Waals surface area contributed by atoms with E-state index >= 15 is 0 Å². The first-order chi connectivity index (χ1) is 9.58. The Morgan fingerprint density at radius 1 is 1.55 bits per heavy atom. The molecule has 0 saturated carbocycles. The molecule has 3 rings (SSSR count). The van der Waals surface area contributed by atoms with E-state index in [1.54, 1.807) is 0 Å². The predicted octanol–water partition coefficient (Wildman–Crippen LogP) is 3.60. The number of carbonyl (C=O) groups is 1. The topological polar surface area (TPSA) is 52.1 Å². The number of fused-ring (bicyclic) bond motifs is 1. The second-order valence-electron chi connectivity index (χ2n) is 4.64. The largest absolute Gasteiger partial charge is 0.486 e. The standard InChI is InChI=1S/C13H10ClFN2O2S/c1-6-4-9(18)12-10(3-2-7(15)11(6)12)19-5-8-13(14)20-17-16-8/h2-3,6H,4-5H2,1H3/t6-/m0/s1. The summed E-state index contributed by atoms with van der Waals surface area (Å²) in [5, 5.41) is 3.83. The lowest BCUT2D eigenvalue weighted by Crippen LogP contribution is -2.03. The SMILES string of the molecule is C[C@H]1CC(=O)c2c(OCc3nnsc3Cl)ccc(F)c21. The third kappa shape index (κ3) is 2.19. The average molecular weight is 313 g/mol. The molecule has 0 bridgehead atoms. The molecule has 1 aromatic heterocycles. The van der Waals surface area contributed by atoms with E-state index in [0.717, 1.165) is 11.5 Å². The zero-order chi connectivity index (χ0) is 14.3. The first kappa shape index (κ1) is 13.5. The fraction of sp³-hybridized carbons (Fsp3) is 0.308. The molecule has 0 saturated heterocycles. The van der Waals surface area contributed by atoms with Crippen LogP contribution in [0.2, 0.25) is 4.34 Å². The Labute approximate surface area is 123 Å². The molecule has 1 atom stereocenters. The number of nitrogens with zero attached hydrogens (tertiary/aromatic N) is 2. The molecule has 0 aliphatic heterocycles. The maximum absolute atomic E-state index is 13.8. The highest BCUT2D eigenvalue weighted by molar-refractivity contribution is 7.10. The molecule has 1 aliphatic rings. The van der Waals surface area contributed by atoms with Gasteiger partial charge >= 0.3 is 0 Å². The van der Waals surface area contributed by atoms with Gasteiger partial charge in [0.1, 0.15) is 28.2 Å². The van der Waals surface area contributed by atoms with Crippen LogP contribution in [0.4, 0.5) is 4.39 Å². The Balaban J connectivity index is 1.92. The first-order valence-electron chi connectivity index (χ1n) is 6.03. The summed E-state index contributed by atoms with van der Waals surface area (Å²) >= 11 is 6.95. The number of aromatic nitrogens is 2. The lowest BCUT2D eigenvalue weighted by atomic mass is 10.0. The number of hydrogen-bond acceptors (Lipinski definition) is 5. The van der Waals surface area contributed by atoms with Crippen LogP contribution in [0.25, 0.3) is 0 Å². The Bertz CT molecular complexity index is 689. The van der Waals surface area contributed by atoms with Crippen LogP contribution in [0.3, 0.4) is 0 Å². The van der Waals surface area contributed by atoms with Crippen molar-refractivity contribution in [2.45, 2.75) is 25.9 Å². The van der Waals surface area contributed by atoms with Crippen molar-refractivity contribution in [2.24, 2.45) is 0 Å². The molecule has 2 aromatic rings. The molecule has 0 fully saturated rings. The van der Waals surface area contributed by atoms with Crippen LogP contribution in [0.15, 0.2) is 12.1 Å². The van der Waals surface area contributed by atoms with Gasteiger partial charge in [-0.15, -0.1) is 5.10 Å². The number of rotatable bonds is 3. The molecule has 7 heteroatoms. The van der Waals surface area contributed by atoms with Crippen molar-refractivity contribution in [1.29, 1.82) is 0 Å². The van der Waals surface area contributed by atoms with Gasteiger partial charge < -0.3 is 4.74 Å². The molecule has 104 valence electrons. The molecule has 0 spiro atoms. The fourth-order valence-corrected chi connectivity index (χ4v) is 2.98. The molecular formula is C13H10ClFN2O2S. The van der Waals surface area contributed by atoms with Crippen LogP contribution in [-0.2, 0) is 6.61 Å². The van der Waals surface area contributed by atoms with Crippen molar-refractivity contribution in [3.63, 3.8) is 0 Å². The van der Waals surface area contributed by atoms with Crippen molar-refractivity contribution in [3.8, 4) is 5.75 Å². The first-order valence-corrected chi connectivity index (χ1v) is 7.18. The van der Waals surface area contributed by atoms with Gasteiger partial charge in [0, 0.05) is 23.5 Å². The van der Waals surface area contributed by atoms with Gasteiger partial charge in [-0.3, -0.25) is 4.79 Å². The Morgan fingerprint density at radius 2 is 2.35 bits per heavy atom. The highest BCUT2D eigenvalue weighted by Crippen LogP contribution is 2.40. The molecule has 1 aliphatic carbocycles. The summed E-state index contributed by atoms with van der Waals surface area (Å²) in [7, 11) is 0. The number of hydrogen-bond donors (Lipinski definition) is 0. The molecule has 0 radical (unpaired) electrons. The minimum atomic E-state index is -0.362. The second-order valence-corrected chi connectivity index (χ2v) is 6.00. The van der Waals surface area contributed by atoms with Gasteiger partial charge in [0.25, 0.3) is 0 Å². The quantitative estimate of drug-likeness (QED) is 0.869. The average Bonchev–Trinajstić information content (AvgIpc) is 2.94. The van der Waals surface area contributed by atoms with E-state index in [-0.39, 0.29) is 24.1 Å². The van der Waals surface area contributed by atoms with Crippen LogP contribution < -0.4 is 4.74 Å². The van der Waals surface area contributed by atoms with Gasteiger partial charge in [0.2, 0.25) is 0 Å². The Kier molecular flexibility index (Phi) is 3.43. The third-order valence-electron chi connectivity index (χ3n) is 3.29. The van der Waals surface area contributed by atoms with Crippen molar-refractivity contribution in [2.75, 3.05) is 0 Å². The Hall–Kier alpha value is -1.53. The van der Waals surface area contributed by atoms with Gasteiger partial charge in [-0.25, -0.2) is 4.39 Å². The molecule has 20 heavy (non-hydrogen) atoms. The summed E-state index contributed by atoms with van der Waals surface area (Å²) in [4.78, 5) is 12.0. The van der Waals surface area contributed by atoms with Gasteiger partial charge in [-0.1, -0.05) is 23.0 Å². The van der Waals surface area contributed by atoms with E-state index in [1.807, 2.05) is 6.92 Å². The number of ketones is 1. The summed E-state index contributed by atoms with van der Waals surface area (Å²) in [5.74, 6) is -0.200. The zero-order valence-corrected chi connectivity index (χ0v) is 12.1. The maximum Gasteiger partial charge on any atom is 0.167 e. The fourth-order valence-electron chi connectivity index (χ4n) is 2.38. The number of benzene rings is 1. The van der Waals surface area contributed by atoms with Gasteiger partial charge in [-0.05, 0) is 18.1 Å². The summed E-state index contributed by atoms with van der Waals surface area (Å²) < 4.78 is 23.6. The molecule has 0 N–H and O–H groups in total. The van der Waals surface area contributed by atoms with E-state index in [1.165, 1.54) is 12.1 Å². The van der Waals surface area contributed by atoms with Gasteiger partial charge in [-0.2, -0.15) is 0 Å². The van der Waals surface area contributed by atoms with Crippen molar-refractivity contribution in [3.05, 3.63) is 39.1 Å². The summed E-state index contributed by atoms with van der Waals surface area (Å²) in [5.41, 5.74) is 1.29. The molecular weight excluding hydrogens is 303 g/mol. The molecule has 4 nitrogen and oxygen atoms in total. The van der Waals surface area contributed by atoms with Crippen LogP contribution in [0.5, 0.6) is 5.75 Å². The lowest BCUT2D eigenvalue weighted by Gasteiger charge is -2.11. The normalized spacial score (nSPS) is 17.4. The molecule has 1 heterocycles. The van der Waals surface area contributed by atoms with E-state index in [4.69, 9.17) is 16.3 Å². The predicted molar refractivity (Wildman–Crippen MR) is 73.0 cm³/mol. The van der Waals surface area contributed by atoms with Crippen molar-refractivity contribution < 1.29 is 13.9 Å². The van der Waals surface area contributed by atoms with E-state index in [0.29, 0.717) is 33.3 Å². The van der Waals surface area contributed by atoms with Crippen molar-refractivity contribution in [1.82, 2.24) is 9.59 Å². The minimum absolute atomic E-state index is 0.0931. The molecule has 0 amide bonds. The van der Waals surface area contributed by atoms with Crippen LogP contribution in [0.1, 0.15) is 40.9 Å². The van der Waals surface area contributed by atoms with Crippen molar-refractivity contribution >= 4 is 28.9 Å². The Morgan fingerprint density at radius 3 is 3.05 bits per heavy atom. The van der Waals surface area contributed by atoms with Crippen LogP contribution in [-0.4, -0.2) is 15.4 Å². The molecule has 0 unspecified atom stereocenters. The monoisotopic (exact) mass is 312 g/mol. The highest BCUT2D eigenvalue weighted by Gasteiger charge is 2.32. The smallest absolute Gasteiger partial charge is 0.167 e. The maximum atomic E-state index is 13.8. The third-order valence-corrected chi connectivity index (χ3v) is 4.28. The van der Waals surface area contributed by atoms with Gasteiger partial charge in [0.15, 0.2) is 5.78 Å². The van der Waals surface area contributed by atoms with Crippen LogP contribution in [0, 0.1) is 5.82 Å². The highest BCUT2D eigenvalue weighted by atomic mass is 35.5. The summed E-state index contributed by atoms with van der Waals surface area (Å²) in [6.07, 6.45) is 0.311. The van der Waals surface area contributed by atoms with Gasteiger partial charge in [0.05, 0.1) is 5.56 Å².